The van der Waals surface area contributed by atoms with Gasteiger partial charge in [-0.05, 0) is 100 Å². The Morgan fingerprint density at radius 3 is 1.28 bits per heavy atom. The van der Waals surface area contributed by atoms with E-state index in [-0.39, 0.29) is 16.2 Å². The Morgan fingerprint density at radius 2 is 0.734 bits per heavy atom. The summed E-state index contributed by atoms with van der Waals surface area (Å²) < 4.78 is 14.6. The summed E-state index contributed by atoms with van der Waals surface area (Å²) in [6.45, 7) is 20.8. The maximum Gasteiger partial charge on any atom is 0.159 e. The molecule has 0 unspecified atom stereocenters. The lowest BCUT2D eigenvalue weighted by Crippen LogP contribution is -2.16. The van der Waals surface area contributed by atoms with E-state index in [0.29, 0.717) is 0 Å². The van der Waals surface area contributed by atoms with Crippen LogP contribution in [0.1, 0.15) is 79.0 Å². The number of rotatable bonds is 3. The van der Waals surface area contributed by atoms with Gasteiger partial charge in [-0.15, -0.1) is 0 Å². The first-order valence-electron chi connectivity index (χ1n) is 22.8. The molecule has 0 aliphatic rings. The molecule has 4 nitrogen and oxygen atoms in total. The molecule has 4 heteroatoms. The number of furan rings is 1. The van der Waals surface area contributed by atoms with E-state index in [4.69, 9.17) is 4.42 Å². The second kappa shape index (κ2) is 13.2. The van der Waals surface area contributed by atoms with Crippen LogP contribution in [-0.2, 0) is 16.2 Å². The van der Waals surface area contributed by atoms with Crippen molar-refractivity contribution in [3.63, 3.8) is 0 Å². The van der Waals surface area contributed by atoms with Gasteiger partial charge in [-0.3, -0.25) is 0 Å². The van der Waals surface area contributed by atoms with E-state index in [1.54, 1.807) is 0 Å². The topological polar surface area (TPSA) is 27.9 Å². The van der Waals surface area contributed by atoms with Crippen molar-refractivity contribution in [3.8, 4) is 17.1 Å². The van der Waals surface area contributed by atoms with Crippen LogP contribution < -0.4 is 0 Å². The molecule has 4 aromatic heterocycles. The molecule has 12 rings (SSSR count). The molecular weight excluding hydrogens is 779 g/mol. The lowest BCUT2D eigenvalue weighted by molar-refractivity contribution is 0.559. The minimum atomic E-state index is -0.110. The highest BCUT2D eigenvalue weighted by Crippen LogP contribution is 2.46. The molecule has 0 saturated carbocycles. The second-order valence-electron chi connectivity index (χ2n) is 21.1. The van der Waals surface area contributed by atoms with Crippen LogP contribution in [0.5, 0.6) is 0 Å². The maximum atomic E-state index is 7.25. The first-order chi connectivity index (χ1) is 30.6. The summed E-state index contributed by atoms with van der Waals surface area (Å²) in [5.41, 5.74) is 16.0. The van der Waals surface area contributed by atoms with Crippen LogP contribution in [0, 0.1) is 0 Å². The first kappa shape index (κ1) is 38.6. The smallest absolute Gasteiger partial charge is 0.159 e. The molecule has 314 valence electrons. The van der Waals surface area contributed by atoms with Gasteiger partial charge in [0.2, 0.25) is 0 Å². The lowest BCUT2D eigenvalue weighted by atomic mass is 9.79. The lowest BCUT2D eigenvalue weighted by Gasteiger charge is -2.25. The Labute approximate surface area is 373 Å². The molecule has 0 N–H and O–H groups in total. The number of aromatic nitrogens is 3. The van der Waals surface area contributed by atoms with Crippen LogP contribution in [0.2, 0.25) is 0 Å². The van der Waals surface area contributed by atoms with Gasteiger partial charge in [0.15, 0.2) is 5.58 Å². The second-order valence-corrected chi connectivity index (χ2v) is 21.1. The SMILES string of the molecule is CC(C)(C)c1cc(-n2c3ccccc3c3cc(-n4c5ccccc5c5ccc(-n6c7ccccc7c7ccccc76)cc54)ccc32)c2oc3c(C(C)(C)C)cc(C(C)(C)C)cc3c2c1. The van der Waals surface area contributed by atoms with Crippen LogP contribution in [0.4, 0.5) is 0 Å². The van der Waals surface area contributed by atoms with Crippen LogP contribution in [0.25, 0.3) is 104 Å². The number of benzene rings is 8. The third-order valence-electron chi connectivity index (χ3n) is 13.8. The molecule has 0 aliphatic heterocycles. The zero-order valence-electron chi connectivity index (χ0n) is 38.3. The summed E-state index contributed by atoms with van der Waals surface area (Å²) in [5.74, 6) is 0. The van der Waals surface area contributed by atoms with Gasteiger partial charge < -0.3 is 18.1 Å². The predicted molar refractivity (Wildman–Crippen MR) is 273 cm³/mol. The van der Waals surface area contributed by atoms with E-state index in [9.17, 15) is 0 Å². The van der Waals surface area contributed by atoms with E-state index in [0.717, 1.165) is 39.3 Å². The van der Waals surface area contributed by atoms with Gasteiger partial charge in [0.25, 0.3) is 0 Å². The monoisotopic (exact) mass is 831 g/mol. The minimum Gasteiger partial charge on any atom is -0.454 e. The molecule has 64 heavy (non-hydrogen) atoms. The highest BCUT2D eigenvalue weighted by molar-refractivity contribution is 6.15. The maximum absolute atomic E-state index is 7.25. The summed E-state index contributed by atoms with van der Waals surface area (Å²) >= 11 is 0. The number of hydrogen-bond acceptors (Lipinski definition) is 1. The molecule has 0 radical (unpaired) electrons. The van der Waals surface area contributed by atoms with Crippen LogP contribution >= 0.6 is 0 Å². The normalized spacial score (nSPS) is 13.1. The third-order valence-corrected chi connectivity index (χ3v) is 13.8. The van der Waals surface area contributed by atoms with E-state index in [1.165, 1.54) is 81.8 Å². The Bertz CT molecular complexity index is 3840. The standard InChI is InChI=1S/C60H53N3O/c1-58(2,3)36-30-46-47-31-37(59(4,5)6)33-55(57(47)64-56(46)48(32-36)60(7,8)9)63-52-25-17-13-21-43(52)45-34-38(27-29-53(45)63)62-51-24-16-12-20-42(51)44-28-26-39(35-54(44)62)61-49-22-14-10-18-40(49)41-19-11-15-23-50(41)61/h10-35H,1-9H3. The highest BCUT2D eigenvalue weighted by atomic mass is 16.3. The van der Waals surface area contributed by atoms with E-state index in [1.807, 2.05) is 0 Å². The molecule has 0 atom stereocenters. The fraction of sp³-hybridized carbons (Fsp3) is 0.200. The Morgan fingerprint density at radius 1 is 0.312 bits per heavy atom. The zero-order valence-corrected chi connectivity index (χ0v) is 38.3. The van der Waals surface area contributed by atoms with Crippen molar-refractivity contribution in [1.82, 2.24) is 13.7 Å². The quantitative estimate of drug-likeness (QED) is 0.174. The van der Waals surface area contributed by atoms with Crippen molar-refractivity contribution in [3.05, 3.63) is 174 Å². The fourth-order valence-electron chi connectivity index (χ4n) is 10.5. The molecule has 12 aromatic rings. The van der Waals surface area contributed by atoms with Gasteiger partial charge in [-0.25, -0.2) is 0 Å². The van der Waals surface area contributed by atoms with Gasteiger partial charge in [0.1, 0.15) is 5.58 Å². The molecule has 0 fully saturated rings. The molecule has 0 amide bonds. The van der Waals surface area contributed by atoms with Crippen molar-refractivity contribution in [2.75, 3.05) is 0 Å². The van der Waals surface area contributed by atoms with E-state index in [2.05, 4.69) is 234 Å². The zero-order chi connectivity index (χ0) is 44.0. The van der Waals surface area contributed by atoms with Gasteiger partial charge in [-0.1, -0.05) is 147 Å². The largest absolute Gasteiger partial charge is 0.454 e. The summed E-state index contributed by atoms with van der Waals surface area (Å²) in [7, 11) is 0. The summed E-state index contributed by atoms with van der Waals surface area (Å²) in [5, 5.41) is 9.77. The van der Waals surface area contributed by atoms with Crippen molar-refractivity contribution in [2.24, 2.45) is 0 Å². The van der Waals surface area contributed by atoms with Crippen molar-refractivity contribution in [2.45, 2.75) is 78.6 Å². The average molecular weight is 832 g/mol. The van der Waals surface area contributed by atoms with Gasteiger partial charge in [-0.2, -0.15) is 0 Å². The van der Waals surface area contributed by atoms with Crippen molar-refractivity contribution >= 4 is 87.4 Å². The molecule has 0 saturated heterocycles. The molecule has 0 aliphatic carbocycles. The molecule has 0 bridgehead atoms. The van der Waals surface area contributed by atoms with E-state index >= 15 is 0 Å². The van der Waals surface area contributed by atoms with Gasteiger partial charge in [0, 0.05) is 60.0 Å². The Kier molecular flexibility index (Phi) is 7.99. The number of fused-ring (bicyclic) bond motifs is 12. The molecule has 0 spiro atoms. The number of hydrogen-bond donors (Lipinski definition) is 0. The highest BCUT2D eigenvalue weighted by Gasteiger charge is 2.29. The first-order valence-corrected chi connectivity index (χ1v) is 22.8. The summed E-state index contributed by atoms with van der Waals surface area (Å²) in [6.07, 6.45) is 0. The summed E-state index contributed by atoms with van der Waals surface area (Å²) in [4.78, 5) is 0. The van der Waals surface area contributed by atoms with Crippen LogP contribution in [0.15, 0.2) is 162 Å². The van der Waals surface area contributed by atoms with Crippen molar-refractivity contribution in [1.29, 1.82) is 0 Å². The number of nitrogens with zero attached hydrogens (tertiary/aromatic N) is 3. The van der Waals surface area contributed by atoms with E-state index < -0.39 is 0 Å². The molecular formula is C60H53N3O. The van der Waals surface area contributed by atoms with Gasteiger partial charge in [0.05, 0.1) is 38.8 Å². The molecule has 8 aromatic carbocycles. The molecule has 4 heterocycles. The van der Waals surface area contributed by atoms with Crippen LogP contribution in [-0.4, -0.2) is 13.7 Å². The Hall–Kier alpha value is -7.04. The predicted octanol–water partition coefficient (Wildman–Crippen LogP) is 16.8. The summed E-state index contributed by atoms with van der Waals surface area (Å²) in [6, 6.07) is 58.8. The van der Waals surface area contributed by atoms with Crippen molar-refractivity contribution < 1.29 is 4.42 Å². The third kappa shape index (κ3) is 5.61. The van der Waals surface area contributed by atoms with Crippen LogP contribution in [0.3, 0.4) is 0 Å². The Balaban J connectivity index is 1.13. The van der Waals surface area contributed by atoms with Gasteiger partial charge >= 0.3 is 0 Å². The average Bonchev–Trinajstić information content (AvgIpc) is 4.01. The number of para-hydroxylation sites is 4. The fourth-order valence-corrected chi connectivity index (χ4v) is 10.5. The minimum absolute atomic E-state index is 0.0181.